The molecule has 0 radical (unpaired) electrons. The monoisotopic (exact) mass is 458 g/mol. The largest absolute Gasteiger partial charge is 0.493 e. The summed E-state index contributed by atoms with van der Waals surface area (Å²) in [5, 5.41) is 1.23. The molecule has 0 saturated heterocycles. The molecule has 0 atom stereocenters. The van der Waals surface area contributed by atoms with E-state index < -0.39 is 11.3 Å². The number of ether oxygens (including phenoxy) is 1. The van der Waals surface area contributed by atoms with Gasteiger partial charge in [-0.3, -0.25) is 20.4 Å². The maximum absolute atomic E-state index is 12.6. The summed E-state index contributed by atoms with van der Waals surface area (Å²) in [6.45, 7) is 8.25. The smallest absolute Gasteiger partial charge is 0.281 e. The van der Waals surface area contributed by atoms with Crippen LogP contribution in [0.2, 0.25) is 5.02 Å². The Morgan fingerprint density at radius 2 is 1.84 bits per heavy atom. The van der Waals surface area contributed by atoms with Crippen LogP contribution >= 0.6 is 22.9 Å². The maximum Gasteiger partial charge on any atom is 0.281 e. The Balaban J connectivity index is 1.50. The number of hydrazine groups is 1. The highest BCUT2D eigenvalue weighted by molar-refractivity contribution is 7.21. The van der Waals surface area contributed by atoms with Gasteiger partial charge in [0.25, 0.3) is 5.91 Å². The van der Waals surface area contributed by atoms with Crippen molar-refractivity contribution in [3.05, 3.63) is 63.5 Å². The molecular weight excluding hydrogens is 432 g/mol. The minimum atomic E-state index is -0.664. The first kappa shape index (κ1) is 23.1. The number of carbonyl (C=O) groups excluding carboxylic acids is 2. The van der Waals surface area contributed by atoms with Gasteiger partial charge in [0, 0.05) is 15.5 Å². The Kier molecular flexibility index (Phi) is 7.23. The number of aryl methyl sites for hydroxylation is 2. The maximum atomic E-state index is 12.6. The molecule has 0 bridgehead atoms. The van der Waals surface area contributed by atoms with Crippen LogP contribution in [0.25, 0.3) is 10.1 Å². The fourth-order valence-corrected chi connectivity index (χ4v) is 4.58. The van der Waals surface area contributed by atoms with Crippen LogP contribution in [0.4, 0.5) is 0 Å². The lowest BCUT2D eigenvalue weighted by Crippen LogP contribution is -2.47. The van der Waals surface area contributed by atoms with Gasteiger partial charge in [0.1, 0.15) is 10.6 Å². The van der Waals surface area contributed by atoms with Gasteiger partial charge in [0.15, 0.2) is 0 Å². The van der Waals surface area contributed by atoms with Crippen LogP contribution in [0.3, 0.4) is 0 Å². The van der Waals surface area contributed by atoms with E-state index >= 15 is 0 Å². The Morgan fingerprint density at radius 3 is 2.58 bits per heavy atom. The van der Waals surface area contributed by atoms with Crippen LogP contribution in [0.15, 0.2) is 42.5 Å². The third-order valence-electron chi connectivity index (χ3n) is 5.19. The molecule has 2 amide bonds. The molecule has 7 heteroatoms. The molecule has 3 aromatic rings. The zero-order chi connectivity index (χ0) is 22.6. The first-order valence-corrected chi connectivity index (χ1v) is 11.4. The SMILES string of the molecule is Cc1ccc(C)c(OCCCC(C)(C)C(=O)NNC(=O)c2sc3ccccc3c2Cl)c1. The van der Waals surface area contributed by atoms with Crippen molar-refractivity contribution in [2.75, 3.05) is 6.61 Å². The Morgan fingerprint density at radius 1 is 1.10 bits per heavy atom. The van der Waals surface area contributed by atoms with Crippen molar-refractivity contribution in [3.63, 3.8) is 0 Å². The quantitative estimate of drug-likeness (QED) is 0.346. The molecule has 1 aromatic heterocycles. The zero-order valence-corrected chi connectivity index (χ0v) is 19.7. The molecule has 164 valence electrons. The van der Waals surface area contributed by atoms with E-state index in [0.29, 0.717) is 29.3 Å². The van der Waals surface area contributed by atoms with Gasteiger partial charge in [-0.15, -0.1) is 11.3 Å². The minimum Gasteiger partial charge on any atom is -0.493 e. The number of rotatable bonds is 7. The normalized spacial score (nSPS) is 11.4. The molecule has 0 aliphatic heterocycles. The average molecular weight is 459 g/mol. The summed E-state index contributed by atoms with van der Waals surface area (Å²) in [6, 6.07) is 13.6. The van der Waals surface area contributed by atoms with Crippen LogP contribution in [-0.2, 0) is 4.79 Å². The highest BCUT2D eigenvalue weighted by Crippen LogP contribution is 2.35. The van der Waals surface area contributed by atoms with Crippen molar-refractivity contribution < 1.29 is 14.3 Å². The molecule has 0 aliphatic rings. The molecule has 0 aliphatic carbocycles. The first-order chi connectivity index (χ1) is 14.7. The van der Waals surface area contributed by atoms with Crippen molar-refractivity contribution in [2.24, 2.45) is 5.41 Å². The zero-order valence-electron chi connectivity index (χ0n) is 18.2. The van der Waals surface area contributed by atoms with E-state index in [1.165, 1.54) is 11.3 Å². The number of benzene rings is 2. The standard InChI is InChI=1S/C24H27ClN2O3S/c1-15-10-11-16(2)18(14-15)30-13-7-12-24(3,4)23(29)27-26-22(28)21-20(25)17-8-5-6-9-19(17)31-21/h5-6,8-11,14H,7,12-13H2,1-4H3,(H,26,28)(H,27,29). The lowest BCUT2D eigenvalue weighted by molar-refractivity contribution is -0.130. The van der Waals surface area contributed by atoms with Crippen molar-refractivity contribution in [3.8, 4) is 5.75 Å². The summed E-state index contributed by atoms with van der Waals surface area (Å²) < 4.78 is 6.80. The summed E-state index contributed by atoms with van der Waals surface area (Å²) in [6.07, 6.45) is 1.33. The fourth-order valence-electron chi connectivity index (χ4n) is 3.17. The fraction of sp³-hybridized carbons (Fsp3) is 0.333. The summed E-state index contributed by atoms with van der Waals surface area (Å²) in [5.74, 6) is 0.188. The summed E-state index contributed by atoms with van der Waals surface area (Å²) in [4.78, 5) is 25.5. The Hall–Kier alpha value is -2.57. The van der Waals surface area contributed by atoms with E-state index in [2.05, 4.69) is 16.9 Å². The predicted molar refractivity (Wildman–Crippen MR) is 127 cm³/mol. The van der Waals surface area contributed by atoms with Crippen LogP contribution in [0.1, 0.15) is 47.5 Å². The number of thiophene rings is 1. The van der Waals surface area contributed by atoms with Gasteiger partial charge in [-0.25, -0.2) is 0 Å². The summed E-state index contributed by atoms with van der Waals surface area (Å²) in [5.41, 5.74) is 6.60. The first-order valence-electron chi connectivity index (χ1n) is 10.2. The molecule has 1 heterocycles. The molecule has 31 heavy (non-hydrogen) atoms. The molecule has 2 N–H and O–H groups in total. The average Bonchev–Trinajstić information content (AvgIpc) is 3.08. The third-order valence-corrected chi connectivity index (χ3v) is 6.87. The van der Waals surface area contributed by atoms with Crippen LogP contribution < -0.4 is 15.6 Å². The van der Waals surface area contributed by atoms with Crippen LogP contribution in [-0.4, -0.2) is 18.4 Å². The van der Waals surface area contributed by atoms with Gasteiger partial charge in [0.2, 0.25) is 5.91 Å². The highest BCUT2D eigenvalue weighted by atomic mass is 35.5. The second-order valence-electron chi connectivity index (χ2n) is 8.25. The van der Waals surface area contributed by atoms with Gasteiger partial charge in [0.05, 0.1) is 11.6 Å². The van der Waals surface area contributed by atoms with Gasteiger partial charge in [-0.2, -0.15) is 0 Å². The summed E-state index contributed by atoms with van der Waals surface area (Å²) in [7, 11) is 0. The molecule has 2 aromatic carbocycles. The molecule has 5 nitrogen and oxygen atoms in total. The van der Waals surface area contributed by atoms with Crippen molar-refractivity contribution >= 4 is 44.8 Å². The molecule has 0 saturated carbocycles. The lowest BCUT2D eigenvalue weighted by atomic mass is 9.87. The number of fused-ring (bicyclic) bond motifs is 1. The summed E-state index contributed by atoms with van der Waals surface area (Å²) >= 11 is 7.63. The van der Waals surface area contributed by atoms with Gasteiger partial charge < -0.3 is 4.74 Å². The number of amides is 2. The van der Waals surface area contributed by atoms with Crippen molar-refractivity contribution in [2.45, 2.75) is 40.5 Å². The number of hydrogen-bond acceptors (Lipinski definition) is 4. The topological polar surface area (TPSA) is 67.4 Å². The van der Waals surface area contributed by atoms with E-state index in [4.69, 9.17) is 16.3 Å². The molecule has 0 spiro atoms. The molecule has 3 rings (SSSR count). The lowest BCUT2D eigenvalue weighted by Gasteiger charge is -2.23. The van der Waals surface area contributed by atoms with Gasteiger partial charge in [-0.05, 0) is 49.9 Å². The van der Waals surface area contributed by atoms with Gasteiger partial charge >= 0.3 is 0 Å². The Labute approximate surface area is 191 Å². The predicted octanol–water partition coefficient (Wildman–Crippen LogP) is 5.82. The van der Waals surface area contributed by atoms with Crippen LogP contribution in [0, 0.1) is 19.3 Å². The molecule has 0 fully saturated rings. The minimum absolute atomic E-state index is 0.259. The number of halogens is 1. The van der Waals surface area contributed by atoms with E-state index in [1.54, 1.807) is 0 Å². The van der Waals surface area contributed by atoms with Crippen molar-refractivity contribution in [1.29, 1.82) is 0 Å². The molecular formula is C24H27ClN2O3S. The highest BCUT2D eigenvalue weighted by Gasteiger charge is 2.28. The van der Waals surface area contributed by atoms with E-state index in [0.717, 1.165) is 27.0 Å². The van der Waals surface area contributed by atoms with E-state index in [-0.39, 0.29) is 5.91 Å². The van der Waals surface area contributed by atoms with E-state index in [1.807, 2.05) is 64.1 Å². The molecule has 0 unspecified atom stereocenters. The van der Waals surface area contributed by atoms with Crippen molar-refractivity contribution in [1.82, 2.24) is 10.9 Å². The Bertz CT molecular complexity index is 1110. The second-order valence-corrected chi connectivity index (χ2v) is 9.68. The number of nitrogens with one attached hydrogen (secondary N) is 2. The second kappa shape index (κ2) is 9.71. The number of hydrogen-bond donors (Lipinski definition) is 2. The van der Waals surface area contributed by atoms with Gasteiger partial charge in [-0.1, -0.05) is 55.8 Å². The van der Waals surface area contributed by atoms with Crippen LogP contribution in [0.5, 0.6) is 5.75 Å². The van der Waals surface area contributed by atoms with E-state index in [9.17, 15) is 9.59 Å². The number of carbonyl (C=O) groups is 2. The third kappa shape index (κ3) is 5.57.